The van der Waals surface area contributed by atoms with Crippen molar-refractivity contribution < 1.29 is 31.5 Å². The van der Waals surface area contributed by atoms with Crippen LogP contribution in [0.15, 0.2) is 48.7 Å². The third-order valence-corrected chi connectivity index (χ3v) is 7.26. The van der Waals surface area contributed by atoms with Gasteiger partial charge in [0.25, 0.3) is 5.91 Å². The molecule has 1 atom stereocenters. The zero-order valence-corrected chi connectivity index (χ0v) is 22.0. The quantitative estimate of drug-likeness (QED) is 0.386. The molecule has 1 aromatic heterocycles. The van der Waals surface area contributed by atoms with Gasteiger partial charge in [0.1, 0.15) is 18.1 Å². The number of anilines is 2. The van der Waals surface area contributed by atoms with Crippen LogP contribution in [-0.4, -0.2) is 44.3 Å². The lowest BCUT2D eigenvalue weighted by molar-refractivity contribution is 0.00292. The molecule has 8 nitrogen and oxygen atoms in total. The van der Waals surface area contributed by atoms with Gasteiger partial charge in [-0.25, -0.2) is 17.2 Å². The Hall–Kier alpha value is -3.31. The smallest absolute Gasteiger partial charge is 0.257 e. The lowest BCUT2D eigenvalue weighted by atomic mass is 10.1. The Morgan fingerprint density at radius 3 is 2.76 bits per heavy atom. The molecule has 1 amide bonds. The number of alkyl halides is 2. The minimum Gasteiger partial charge on any atom is -0.492 e. The van der Waals surface area contributed by atoms with Crippen LogP contribution in [0.3, 0.4) is 0 Å². The van der Waals surface area contributed by atoms with Crippen LogP contribution in [0.25, 0.3) is 11.3 Å². The Labute approximate surface area is 223 Å². The number of nitrogens with one attached hydrogen (secondary N) is 2. The van der Waals surface area contributed by atoms with E-state index in [0.29, 0.717) is 53.6 Å². The molecular formula is C26H26ClF2N3O5S. The monoisotopic (exact) mass is 565 g/mol. The fraction of sp³-hybridized carbons (Fsp3) is 0.346. The molecule has 38 heavy (non-hydrogen) atoms. The summed E-state index contributed by atoms with van der Waals surface area (Å²) < 4.78 is 66.6. The number of nitrogens with zero attached hydrogens (tertiary/aromatic N) is 1. The largest absolute Gasteiger partial charge is 0.492 e. The lowest BCUT2D eigenvalue weighted by Gasteiger charge is -2.16. The molecule has 1 fully saturated rings. The number of halogens is 3. The maximum atomic E-state index is 13.6. The van der Waals surface area contributed by atoms with E-state index in [1.54, 1.807) is 30.5 Å². The number of benzene rings is 2. The summed E-state index contributed by atoms with van der Waals surface area (Å²) >= 11 is 6.12. The van der Waals surface area contributed by atoms with Crippen LogP contribution < -0.4 is 19.5 Å². The number of hydrogen-bond donors (Lipinski definition) is 2. The zero-order chi connectivity index (χ0) is 27.1. The van der Waals surface area contributed by atoms with Gasteiger partial charge >= 0.3 is 0 Å². The number of aromatic nitrogens is 1. The highest BCUT2D eigenvalue weighted by Gasteiger charge is 2.39. The molecule has 0 saturated heterocycles. The summed E-state index contributed by atoms with van der Waals surface area (Å²) in [4.78, 5) is 13.1. The highest BCUT2D eigenvalue weighted by atomic mass is 35.5. The summed E-state index contributed by atoms with van der Waals surface area (Å²) in [5.74, 6) is -2.23. The van der Waals surface area contributed by atoms with Gasteiger partial charge in [-0.2, -0.15) is 0 Å². The molecule has 3 aromatic rings. The van der Waals surface area contributed by atoms with Gasteiger partial charge in [0.2, 0.25) is 15.9 Å². The standard InChI is InChI=1S/C26H26ClF2N3O5S/c1-38(34,35)31-20-11-18(27)10-19(12-20)30-25(33)17-9-21-24-22(36-8-7-32(21)14-17)3-2-4-23(24)37-15-16-5-6-26(28,29)13-16/h2-4,9-12,14,16,31H,5-8,13,15H2,1H3,(H,30,33). The lowest BCUT2D eigenvalue weighted by Crippen LogP contribution is -2.14. The van der Waals surface area contributed by atoms with Crippen molar-refractivity contribution >= 4 is 38.9 Å². The molecule has 2 heterocycles. The third kappa shape index (κ3) is 6.05. The summed E-state index contributed by atoms with van der Waals surface area (Å²) in [7, 11) is -3.53. The molecule has 2 aliphatic rings. The predicted octanol–water partition coefficient (Wildman–Crippen LogP) is 5.64. The number of carbonyl (C=O) groups excluding carboxylic acids is 1. The van der Waals surface area contributed by atoms with Gasteiger partial charge in [-0.3, -0.25) is 9.52 Å². The van der Waals surface area contributed by atoms with Crippen molar-refractivity contribution in [1.82, 2.24) is 4.57 Å². The Balaban J connectivity index is 1.39. The van der Waals surface area contributed by atoms with Crippen LogP contribution in [-0.2, 0) is 16.6 Å². The molecule has 0 radical (unpaired) electrons. The van der Waals surface area contributed by atoms with Crippen LogP contribution in [0.4, 0.5) is 20.2 Å². The summed E-state index contributed by atoms with van der Waals surface area (Å²) in [5, 5.41) is 3.00. The molecule has 1 aliphatic heterocycles. The number of fused-ring (bicyclic) bond motifs is 3. The maximum Gasteiger partial charge on any atom is 0.257 e. The van der Waals surface area contributed by atoms with Gasteiger partial charge in [0.15, 0.2) is 0 Å². The molecule has 1 aliphatic carbocycles. The second kappa shape index (κ2) is 10.1. The van der Waals surface area contributed by atoms with E-state index in [9.17, 15) is 22.0 Å². The van der Waals surface area contributed by atoms with Crippen LogP contribution in [0, 0.1) is 5.92 Å². The van der Waals surface area contributed by atoms with Crippen molar-refractivity contribution in [2.24, 2.45) is 5.92 Å². The Morgan fingerprint density at radius 2 is 2.03 bits per heavy atom. The first-order valence-corrected chi connectivity index (χ1v) is 14.3. The van der Waals surface area contributed by atoms with E-state index in [2.05, 4.69) is 10.0 Å². The van der Waals surface area contributed by atoms with E-state index in [-0.39, 0.29) is 36.1 Å². The van der Waals surface area contributed by atoms with Gasteiger partial charge < -0.3 is 19.4 Å². The average Bonchev–Trinajstić information content (AvgIpc) is 3.34. The summed E-state index contributed by atoms with van der Waals surface area (Å²) in [6, 6.07) is 11.5. The van der Waals surface area contributed by atoms with Crippen molar-refractivity contribution in [3.63, 3.8) is 0 Å². The first kappa shape index (κ1) is 26.3. The molecule has 1 saturated carbocycles. The maximum absolute atomic E-state index is 13.6. The van der Waals surface area contributed by atoms with Crippen LogP contribution in [0.1, 0.15) is 29.6 Å². The number of amides is 1. The molecule has 5 rings (SSSR count). The fourth-order valence-corrected chi connectivity index (χ4v) is 5.60. The molecule has 2 N–H and O–H groups in total. The van der Waals surface area contributed by atoms with Gasteiger partial charge in [0, 0.05) is 29.7 Å². The van der Waals surface area contributed by atoms with E-state index in [1.165, 1.54) is 18.2 Å². The fourth-order valence-electron chi connectivity index (χ4n) is 4.82. The third-order valence-electron chi connectivity index (χ3n) is 6.43. The molecule has 2 aromatic carbocycles. The van der Waals surface area contributed by atoms with E-state index < -0.39 is 21.9 Å². The summed E-state index contributed by atoms with van der Waals surface area (Å²) in [5.41, 5.74) is 2.24. The average molecular weight is 566 g/mol. The highest BCUT2D eigenvalue weighted by molar-refractivity contribution is 7.92. The predicted molar refractivity (Wildman–Crippen MR) is 141 cm³/mol. The van der Waals surface area contributed by atoms with Crippen molar-refractivity contribution in [2.75, 3.05) is 29.5 Å². The van der Waals surface area contributed by atoms with E-state index in [1.807, 2.05) is 4.57 Å². The first-order chi connectivity index (χ1) is 18.0. The van der Waals surface area contributed by atoms with Gasteiger partial charge in [-0.1, -0.05) is 17.7 Å². The van der Waals surface area contributed by atoms with Gasteiger partial charge in [-0.05, 0) is 48.7 Å². The van der Waals surface area contributed by atoms with Crippen LogP contribution in [0.5, 0.6) is 11.5 Å². The highest BCUT2D eigenvalue weighted by Crippen LogP contribution is 2.43. The molecule has 202 valence electrons. The van der Waals surface area contributed by atoms with Crippen molar-refractivity contribution in [1.29, 1.82) is 0 Å². The van der Waals surface area contributed by atoms with E-state index in [0.717, 1.165) is 6.26 Å². The second-order valence-electron chi connectivity index (χ2n) is 9.62. The van der Waals surface area contributed by atoms with Crippen molar-refractivity contribution in [3.8, 4) is 22.8 Å². The SMILES string of the molecule is CS(=O)(=O)Nc1cc(Cl)cc(NC(=O)c2cc3n(c2)CCOc2cccc(OCC4CCC(F)(F)C4)c2-3)c1. The summed E-state index contributed by atoms with van der Waals surface area (Å²) in [6.45, 7) is 1.01. The van der Waals surface area contributed by atoms with Gasteiger partial charge in [-0.15, -0.1) is 0 Å². The van der Waals surface area contributed by atoms with Gasteiger partial charge in [0.05, 0.1) is 41.9 Å². The Bertz CT molecular complexity index is 1490. The number of ether oxygens (including phenoxy) is 2. The van der Waals surface area contributed by atoms with Crippen LogP contribution in [0.2, 0.25) is 5.02 Å². The second-order valence-corrected chi connectivity index (χ2v) is 11.8. The van der Waals surface area contributed by atoms with Crippen molar-refractivity contribution in [3.05, 3.63) is 59.2 Å². The summed E-state index contributed by atoms with van der Waals surface area (Å²) in [6.07, 6.45) is 2.80. The zero-order valence-electron chi connectivity index (χ0n) is 20.5. The molecule has 1 unspecified atom stereocenters. The number of hydrogen-bond acceptors (Lipinski definition) is 5. The molecular weight excluding hydrogens is 540 g/mol. The minimum absolute atomic E-state index is 0.128. The van der Waals surface area contributed by atoms with E-state index >= 15 is 0 Å². The molecule has 12 heteroatoms. The van der Waals surface area contributed by atoms with Crippen LogP contribution >= 0.6 is 11.6 Å². The van der Waals surface area contributed by atoms with E-state index in [4.69, 9.17) is 21.1 Å². The number of rotatable bonds is 7. The molecule has 0 bridgehead atoms. The Kier molecular flexibility index (Phi) is 6.99. The number of carbonyl (C=O) groups is 1. The number of sulfonamides is 1. The minimum atomic E-state index is -3.53. The molecule has 0 spiro atoms. The topological polar surface area (TPSA) is 98.7 Å². The van der Waals surface area contributed by atoms with Crippen molar-refractivity contribution in [2.45, 2.75) is 31.7 Å². The normalized spacial score (nSPS) is 18.1. The Morgan fingerprint density at radius 1 is 1.24 bits per heavy atom. The first-order valence-electron chi connectivity index (χ1n) is 12.0.